The zero-order valence-corrected chi connectivity index (χ0v) is 10.8. The first-order valence-corrected chi connectivity index (χ1v) is 5.80. The molecule has 18 heavy (non-hydrogen) atoms. The van der Waals surface area contributed by atoms with Gasteiger partial charge >= 0.3 is 12.1 Å². The third-order valence-corrected chi connectivity index (χ3v) is 2.54. The second kappa shape index (κ2) is 6.34. The Morgan fingerprint density at radius 2 is 2.28 bits per heavy atom. The van der Waals surface area contributed by atoms with Crippen LogP contribution >= 0.6 is 12.2 Å². The van der Waals surface area contributed by atoms with Gasteiger partial charge in [0.05, 0.1) is 6.54 Å². The maximum Gasteiger partial charge on any atom is 0.410 e. The second-order valence-corrected chi connectivity index (χ2v) is 4.41. The van der Waals surface area contributed by atoms with Crippen LogP contribution in [0.1, 0.15) is 13.3 Å². The molecule has 0 radical (unpaired) electrons. The average molecular weight is 273 g/mol. The van der Waals surface area contributed by atoms with Crippen LogP contribution in [0.25, 0.3) is 0 Å². The fourth-order valence-corrected chi connectivity index (χ4v) is 1.90. The van der Waals surface area contributed by atoms with Gasteiger partial charge in [0.2, 0.25) is 0 Å². The van der Waals surface area contributed by atoms with Crippen molar-refractivity contribution in [2.75, 3.05) is 13.2 Å². The Labute approximate surface area is 110 Å². The largest absolute Gasteiger partial charge is 0.482 e. The van der Waals surface area contributed by atoms with E-state index in [-0.39, 0.29) is 19.6 Å². The lowest BCUT2D eigenvalue weighted by Gasteiger charge is -2.19. The summed E-state index contributed by atoms with van der Waals surface area (Å²) in [4.78, 5) is 23.9. The van der Waals surface area contributed by atoms with Gasteiger partial charge in [-0.1, -0.05) is 12.7 Å². The molecule has 0 aliphatic carbocycles. The quantitative estimate of drug-likeness (QED) is 0.612. The smallest absolute Gasteiger partial charge is 0.410 e. The van der Waals surface area contributed by atoms with Crippen LogP contribution in [0.4, 0.5) is 4.79 Å². The Kier molecular flexibility index (Phi) is 5.08. The molecule has 2 unspecified atom stereocenters. The summed E-state index contributed by atoms with van der Waals surface area (Å²) in [7, 11) is 0. The molecule has 1 heterocycles. The monoisotopic (exact) mass is 273 g/mol. The molecule has 1 saturated heterocycles. The Balaban J connectivity index is 2.68. The standard InChI is InChI=1S/C11H15NO5S/c1-3-4-16-11(15)12-6-8(17-7(2)18)5-9(12)10(13)14/h3,8-9H,1,4-6H2,2H3,(H,13,14). The van der Waals surface area contributed by atoms with Crippen molar-refractivity contribution in [3.63, 3.8) is 0 Å². The summed E-state index contributed by atoms with van der Waals surface area (Å²) in [5, 5.41) is 9.38. The number of carbonyl (C=O) groups excluding carboxylic acids is 1. The minimum atomic E-state index is -1.08. The van der Waals surface area contributed by atoms with Crippen LogP contribution in [0.15, 0.2) is 12.7 Å². The van der Waals surface area contributed by atoms with Crippen molar-refractivity contribution < 1.29 is 24.2 Å². The SMILES string of the molecule is C=CCOC(=O)N1CC(OC(C)=S)CC1C(=O)O. The predicted octanol–water partition coefficient (Wildman–Crippen LogP) is 1.20. The first-order valence-electron chi connectivity index (χ1n) is 5.40. The fourth-order valence-electron chi connectivity index (χ4n) is 1.77. The summed E-state index contributed by atoms with van der Waals surface area (Å²) < 4.78 is 10.1. The molecule has 0 spiro atoms. The van der Waals surface area contributed by atoms with Crippen molar-refractivity contribution in [2.45, 2.75) is 25.5 Å². The summed E-state index contributed by atoms with van der Waals surface area (Å²) in [6.45, 7) is 5.21. The average Bonchev–Trinajstić information content (AvgIpc) is 2.69. The molecule has 6 nitrogen and oxygen atoms in total. The van der Waals surface area contributed by atoms with Gasteiger partial charge < -0.3 is 14.6 Å². The summed E-state index contributed by atoms with van der Waals surface area (Å²) >= 11 is 4.79. The van der Waals surface area contributed by atoms with Gasteiger partial charge in [0.1, 0.15) is 18.8 Å². The van der Waals surface area contributed by atoms with E-state index in [0.29, 0.717) is 5.05 Å². The Bertz CT molecular complexity index is 370. The summed E-state index contributed by atoms with van der Waals surface area (Å²) in [5.41, 5.74) is 0. The number of likely N-dealkylation sites (tertiary alicyclic amines) is 1. The van der Waals surface area contributed by atoms with Gasteiger partial charge in [-0.3, -0.25) is 4.90 Å². The highest BCUT2D eigenvalue weighted by atomic mass is 32.1. The van der Waals surface area contributed by atoms with Crippen LogP contribution in [0.2, 0.25) is 0 Å². The molecule has 2 atom stereocenters. The molecule has 1 aliphatic heterocycles. The molecule has 0 aromatic rings. The summed E-state index contributed by atoms with van der Waals surface area (Å²) in [5.74, 6) is -1.08. The van der Waals surface area contributed by atoms with E-state index >= 15 is 0 Å². The third-order valence-electron chi connectivity index (χ3n) is 2.44. The summed E-state index contributed by atoms with van der Waals surface area (Å²) in [6, 6.07) is -0.943. The van der Waals surface area contributed by atoms with Crippen molar-refractivity contribution in [2.24, 2.45) is 0 Å². The molecule has 0 saturated carbocycles. The van der Waals surface area contributed by atoms with E-state index < -0.39 is 24.2 Å². The van der Waals surface area contributed by atoms with Gasteiger partial charge in [-0.2, -0.15) is 0 Å². The first kappa shape index (κ1) is 14.4. The van der Waals surface area contributed by atoms with Crippen LogP contribution in [0.5, 0.6) is 0 Å². The van der Waals surface area contributed by atoms with Crippen molar-refractivity contribution in [3.05, 3.63) is 12.7 Å². The van der Waals surface area contributed by atoms with Gasteiger partial charge in [-0.25, -0.2) is 9.59 Å². The van der Waals surface area contributed by atoms with Crippen molar-refractivity contribution in [1.82, 2.24) is 4.90 Å². The van der Waals surface area contributed by atoms with Gasteiger partial charge in [0.25, 0.3) is 0 Å². The lowest BCUT2D eigenvalue weighted by atomic mass is 10.2. The molecular formula is C11H15NO5S. The van der Waals surface area contributed by atoms with Gasteiger partial charge in [-0.15, -0.1) is 0 Å². The number of carboxylic acids is 1. The number of thiocarbonyl (C=S) groups is 1. The Morgan fingerprint density at radius 1 is 1.61 bits per heavy atom. The van der Waals surface area contributed by atoms with Crippen LogP contribution in [-0.4, -0.2) is 52.4 Å². The number of ether oxygens (including phenoxy) is 2. The normalized spacial score (nSPS) is 22.4. The lowest BCUT2D eigenvalue weighted by molar-refractivity contribution is -0.141. The Morgan fingerprint density at radius 3 is 2.78 bits per heavy atom. The maximum atomic E-state index is 11.7. The highest BCUT2D eigenvalue weighted by Gasteiger charge is 2.41. The number of carbonyl (C=O) groups is 2. The highest BCUT2D eigenvalue weighted by molar-refractivity contribution is 7.80. The third kappa shape index (κ3) is 3.69. The van der Waals surface area contributed by atoms with E-state index in [1.54, 1.807) is 6.92 Å². The van der Waals surface area contributed by atoms with E-state index in [2.05, 4.69) is 6.58 Å². The van der Waals surface area contributed by atoms with Crippen LogP contribution in [0.3, 0.4) is 0 Å². The molecule has 0 aromatic heterocycles. The molecule has 1 amide bonds. The zero-order chi connectivity index (χ0) is 13.7. The van der Waals surface area contributed by atoms with Crippen LogP contribution < -0.4 is 0 Å². The first-order chi connectivity index (χ1) is 8.45. The fraction of sp³-hybridized carbons (Fsp3) is 0.545. The molecule has 100 valence electrons. The molecule has 0 aromatic carbocycles. The van der Waals surface area contributed by atoms with Gasteiger partial charge in [0, 0.05) is 13.3 Å². The van der Waals surface area contributed by atoms with E-state index in [0.717, 1.165) is 4.90 Å². The lowest BCUT2D eigenvalue weighted by Crippen LogP contribution is -2.41. The van der Waals surface area contributed by atoms with E-state index in [4.69, 9.17) is 26.8 Å². The van der Waals surface area contributed by atoms with Crippen molar-refractivity contribution in [3.8, 4) is 0 Å². The molecule has 0 bridgehead atoms. The highest BCUT2D eigenvalue weighted by Crippen LogP contribution is 2.22. The van der Waals surface area contributed by atoms with Crippen LogP contribution in [0, 0.1) is 0 Å². The summed E-state index contributed by atoms with van der Waals surface area (Å²) in [6.07, 6.45) is 0.529. The Hall–Kier alpha value is -1.63. The molecular weight excluding hydrogens is 258 g/mol. The second-order valence-electron chi connectivity index (χ2n) is 3.84. The van der Waals surface area contributed by atoms with Crippen molar-refractivity contribution in [1.29, 1.82) is 0 Å². The number of amides is 1. The molecule has 1 N–H and O–H groups in total. The number of aliphatic carboxylic acids is 1. The van der Waals surface area contributed by atoms with Crippen molar-refractivity contribution >= 4 is 29.3 Å². The maximum absolute atomic E-state index is 11.7. The topological polar surface area (TPSA) is 76.1 Å². The molecule has 1 aliphatic rings. The van der Waals surface area contributed by atoms with Gasteiger partial charge in [-0.05, 0) is 12.2 Å². The number of nitrogens with zero attached hydrogens (tertiary/aromatic N) is 1. The van der Waals surface area contributed by atoms with Crippen LogP contribution in [-0.2, 0) is 14.3 Å². The molecule has 1 rings (SSSR count). The molecule has 7 heteroatoms. The van der Waals surface area contributed by atoms with E-state index in [9.17, 15) is 9.59 Å². The zero-order valence-electron chi connectivity index (χ0n) is 10.00. The van der Waals surface area contributed by atoms with Gasteiger partial charge in [0.15, 0.2) is 5.05 Å². The minimum Gasteiger partial charge on any atom is -0.482 e. The number of rotatable bonds is 4. The number of hydrogen-bond donors (Lipinski definition) is 1. The van der Waals surface area contributed by atoms with E-state index in [1.165, 1.54) is 6.08 Å². The molecule has 1 fully saturated rings. The minimum absolute atomic E-state index is 0.0411. The number of hydrogen-bond acceptors (Lipinski definition) is 5. The van der Waals surface area contributed by atoms with E-state index in [1.807, 2.05) is 0 Å². The number of carboxylic acid groups (broad SMARTS) is 1. The predicted molar refractivity (Wildman–Crippen MR) is 67.4 cm³/mol.